The van der Waals surface area contributed by atoms with Crippen LogP contribution in [0.2, 0.25) is 0 Å². The smallest absolute Gasteiger partial charge is 0.161 e. The van der Waals surface area contributed by atoms with E-state index in [-0.39, 0.29) is 0 Å². The molecule has 0 aliphatic heterocycles. The highest BCUT2D eigenvalue weighted by molar-refractivity contribution is 5.43. The first-order valence-corrected chi connectivity index (χ1v) is 12.2. The zero-order valence-electron chi connectivity index (χ0n) is 20.1. The predicted molar refractivity (Wildman–Crippen MR) is 132 cm³/mol. The van der Waals surface area contributed by atoms with Crippen LogP contribution in [0, 0.1) is 0 Å². The van der Waals surface area contributed by atoms with Crippen LogP contribution >= 0.6 is 0 Å². The topological polar surface area (TPSA) is 21.7 Å². The van der Waals surface area contributed by atoms with Gasteiger partial charge in [-0.1, -0.05) is 101 Å². The second kappa shape index (κ2) is 15.8. The minimum Gasteiger partial charge on any atom is -0.493 e. The minimum absolute atomic E-state index is 0.764. The lowest BCUT2D eigenvalue weighted by Crippen LogP contribution is -2.17. The molecule has 0 saturated carbocycles. The average Bonchev–Trinajstić information content (AvgIpc) is 2.78. The molecular weight excluding hydrogens is 382 g/mol. The second-order valence-corrected chi connectivity index (χ2v) is 8.67. The first-order chi connectivity index (χ1) is 15.2. The molecular formula is C28H43NO2. The lowest BCUT2D eigenvalue weighted by molar-refractivity contribution is 0.283. The summed E-state index contributed by atoms with van der Waals surface area (Å²) in [6, 6.07) is 16.9. The summed E-state index contributed by atoms with van der Waals surface area (Å²) >= 11 is 0. The Morgan fingerprint density at radius 2 is 1.29 bits per heavy atom. The third kappa shape index (κ3) is 10.7. The van der Waals surface area contributed by atoms with E-state index in [4.69, 9.17) is 9.47 Å². The SMILES string of the molecule is CCCCCCCCCCCCOc1ccc(CN(C)Cc2ccccc2)cc1OC. The van der Waals surface area contributed by atoms with E-state index >= 15 is 0 Å². The largest absolute Gasteiger partial charge is 0.493 e. The molecule has 0 aliphatic carbocycles. The van der Waals surface area contributed by atoms with Crippen LogP contribution in [0.15, 0.2) is 48.5 Å². The molecule has 0 heterocycles. The maximum Gasteiger partial charge on any atom is 0.161 e. The van der Waals surface area contributed by atoms with Crippen LogP contribution in [0.5, 0.6) is 11.5 Å². The van der Waals surface area contributed by atoms with Gasteiger partial charge >= 0.3 is 0 Å². The van der Waals surface area contributed by atoms with Gasteiger partial charge in [-0.25, -0.2) is 0 Å². The van der Waals surface area contributed by atoms with E-state index in [1.165, 1.54) is 68.9 Å². The van der Waals surface area contributed by atoms with Crippen LogP contribution in [0.1, 0.15) is 82.3 Å². The van der Waals surface area contributed by atoms with Gasteiger partial charge in [0.2, 0.25) is 0 Å². The molecule has 0 bridgehead atoms. The van der Waals surface area contributed by atoms with Crippen LogP contribution in [0.25, 0.3) is 0 Å². The first kappa shape index (κ1) is 25.3. The summed E-state index contributed by atoms with van der Waals surface area (Å²) in [6.45, 7) is 4.85. The summed E-state index contributed by atoms with van der Waals surface area (Å²) in [5, 5.41) is 0. The molecule has 172 valence electrons. The summed E-state index contributed by atoms with van der Waals surface area (Å²) in [4.78, 5) is 2.31. The van der Waals surface area contributed by atoms with Gasteiger partial charge in [-0.05, 0) is 36.7 Å². The Hall–Kier alpha value is -2.00. The molecule has 0 aromatic heterocycles. The Balaban J connectivity index is 1.64. The number of methoxy groups -OCH3 is 1. The molecule has 0 unspecified atom stereocenters. The number of benzene rings is 2. The van der Waals surface area contributed by atoms with Crippen molar-refractivity contribution < 1.29 is 9.47 Å². The molecule has 31 heavy (non-hydrogen) atoms. The fourth-order valence-electron chi connectivity index (χ4n) is 3.96. The molecule has 3 heteroatoms. The zero-order valence-corrected chi connectivity index (χ0v) is 20.1. The summed E-state index contributed by atoms with van der Waals surface area (Å²) in [5.74, 6) is 1.69. The van der Waals surface area contributed by atoms with Crippen LogP contribution in [0.4, 0.5) is 0 Å². The van der Waals surface area contributed by atoms with E-state index in [0.717, 1.165) is 37.6 Å². The van der Waals surface area contributed by atoms with E-state index in [9.17, 15) is 0 Å². The summed E-state index contributed by atoms with van der Waals surface area (Å²) in [6.07, 6.45) is 13.4. The van der Waals surface area contributed by atoms with Gasteiger partial charge in [0.1, 0.15) is 0 Å². The van der Waals surface area contributed by atoms with Gasteiger partial charge in [0.15, 0.2) is 11.5 Å². The fourth-order valence-corrected chi connectivity index (χ4v) is 3.96. The highest BCUT2D eigenvalue weighted by Gasteiger charge is 2.08. The van der Waals surface area contributed by atoms with E-state index in [1.54, 1.807) is 7.11 Å². The Labute approximate surface area is 190 Å². The number of rotatable bonds is 17. The second-order valence-electron chi connectivity index (χ2n) is 8.67. The Morgan fingerprint density at radius 1 is 0.677 bits per heavy atom. The maximum absolute atomic E-state index is 6.02. The molecule has 0 amide bonds. The molecule has 2 aromatic rings. The minimum atomic E-state index is 0.764. The van der Waals surface area contributed by atoms with Crippen molar-refractivity contribution in [3.05, 3.63) is 59.7 Å². The first-order valence-electron chi connectivity index (χ1n) is 12.2. The third-order valence-electron chi connectivity index (χ3n) is 5.73. The van der Waals surface area contributed by atoms with Gasteiger partial charge < -0.3 is 9.47 Å². The summed E-state index contributed by atoms with van der Waals surface area (Å²) in [7, 11) is 3.87. The van der Waals surface area contributed by atoms with Gasteiger partial charge in [-0.2, -0.15) is 0 Å². The molecule has 0 radical (unpaired) electrons. The molecule has 0 saturated heterocycles. The standard InChI is InChI=1S/C28H43NO2/c1-4-5-6-7-8-9-10-11-12-16-21-31-27-20-19-26(22-28(27)30-3)24-29(2)23-25-17-14-13-15-18-25/h13-15,17-20,22H,4-12,16,21,23-24H2,1-3H3. The summed E-state index contributed by atoms with van der Waals surface area (Å²) < 4.78 is 11.6. The van der Waals surface area contributed by atoms with Gasteiger partial charge in [0.25, 0.3) is 0 Å². The third-order valence-corrected chi connectivity index (χ3v) is 5.73. The van der Waals surface area contributed by atoms with Crippen molar-refractivity contribution in [1.29, 1.82) is 0 Å². The van der Waals surface area contributed by atoms with Crippen molar-refractivity contribution in [2.24, 2.45) is 0 Å². The molecule has 0 spiro atoms. The molecule has 0 aliphatic rings. The maximum atomic E-state index is 6.02. The number of unbranched alkanes of at least 4 members (excludes halogenated alkanes) is 9. The van der Waals surface area contributed by atoms with Crippen LogP contribution in [-0.4, -0.2) is 25.7 Å². The van der Waals surface area contributed by atoms with E-state index in [0.29, 0.717) is 0 Å². The predicted octanol–water partition coefficient (Wildman–Crippen LogP) is 7.63. The molecule has 0 fully saturated rings. The highest BCUT2D eigenvalue weighted by atomic mass is 16.5. The zero-order chi connectivity index (χ0) is 22.2. The number of hydrogen-bond donors (Lipinski definition) is 0. The number of hydrogen-bond acceptors (Lipinski definition) is 3. The Morgan fingerprint density at radius 3 is 1.94 bits per heavy atom. The van der Waals surface area contributed by atoms with Gasteiger partial charge in [0, 0.05) is 13.1 Å². The molecule has 2 rings (SSSR count). The monoisotopic (exact) mass is 425 g/mol. The fraction of sp³-hybridized carbons (Fsp3) is 0.571. The van der Waals surface area contributed by atoms with Gasteiger partial charge in [-0.15, -0.1) is 0 Å². The molecule has 0 N–H and O–H groups in total. The highest BCUT2D eigenvalue weighted by Crippen LogP contribution is 2.29. The van der Waals surface area contributed by atoms with Gasteiger partial charge in [0.05, 0.1) is 13.7 Å². The van der Waals surface area contributed by atoms with Gasteiger partial charge in [-0.3, -0.25) is 4.90 Å². The van der Waals surface area contributed by atoms with Crippen molar-refractivity contribution in [2.75, 3.05) is 20.8 Å². The molecule has 0 atom stereocenters. The van der Waals surface area contributed by atoms with Crippen molar-refractivity contribution in [1.82, 2.24) is 4.90 Å². The Kier molecular flexibility index (Phi) is 12.8. The Bertz CT molecular complexity index is 701. The van der Waals surface area contributed by atoms with Crippen molar-refractivity contribution in [3.8, 4) is 11.5 Å². The van der Waals surface area contributed by atoms with E-state index in [2.05, 4.69) is 67.4 Å². The average molecular weight is 426 g/mol. The van der Waals surface area contributed by atoms with Crippen LogP contribution < -0.4 is 9.47 Å². The number of ether oxygens (including phenoxy) is 2. The lowest BCUT2D eigenvalue weighted by Gasteiger charge is -2.18. The molecule has 2 aromatic carbocycles. The van der Waals surface area contributed by atoms with Crippen LogP contribution in [0.3, 0.4) is 0 Å². The van der Waals surface area contributed by atoms with Crippen molar-refractivity contribution >= 4 is 0 Å². The summed E-state index contributed by atoms with van der Waals surface area (Å²) in [5.41, 5.74) is 2.56. The quantitative estimate of drug-likeness (QED) is 0.243. The van der Waals surface area contributed by atoms with E-state index < -0.39 is 0 Å². The van der Waals surface area contributed by atoms with Crippen molar-refractivity contribution in [3.63, 3.8) is 0 Å². The van der Waals surface area contributed by atoms with Crippen LogP contribution in [-0.2, 0) is 13.1 Å². The van der Waals surface area contributed by atoms with E-state index in [1.807, 2.05) is 0 Å². The number of nitrogens with zero attached hydrogens (tertiary/aromatic N) is 1. The molecule has 3 nitrogen and oxygen atoms in total. The normalized spacial score (nSPS) is 11.1. The lowest BCUT2D eigenvalue weighted by atomic mass is 10.1. The van der Waals surface area contributed by atoms with Crippen molar-refractivity contribution in [2.45, 2.75) is 84.2 Å².